The number of rotatable bonds is 3. The van der Waals surface area contributed by atoms with Crippen molar-refractivity contribution in [1.29, 1.82) is 0 Å². The van der Waals surface area contributed by atoms with Crippen LogP contribution < -0.4 is 10.6 Å². The van der Waals surface area contributed by atoms with Crippen LogP contribution in [0.1, 0.15) is 6.92 Å². The van der Waals surface area contributed by atoms with Gasteiger partial charge in [-0.1, -0.05) is 0 Å². The molecule has 0 saturated carbocycles. The molecular weight excluding hydrogens is 183 g/mol. The summed E-state index contributed by atoms with van der Waals surface area (Å²) in [5.41, 5.74) is 6.80. The molecule has 4 heteroatoms. The number of likely N-dealkylation sites (N-methyl/N-ethyl adjacent to an activating group) is 1. The Balaban J connectivity index is 2.99. The Morgan fingerprint density at radius 1 is 1.57 bits per heavy atom. The van der Waals surface area contributed by atoms with Crippen LogP contribution in [0.3, 0.4) is 0 Å². The summed E-state index contributed by atoms with van der Waals surface area (Å²) in [5, 5.41) is 8.95. The largest absolute Gasteiger partial charge is 0.397 e. The van der Waals surface area contributed by atoms with Crippen molar-refractivity contribution in [2.24, 2.45) is 0 Å². The van der Waals surface area contributed by atoms with Gasteiger partial charge in [0, 0.05) is 13.1 Å². The number of nitrogen functional groups attached to an aromatic ring is 1. The van der Waals surface area contributed by atoms with E-state index in [2.05, 4.69) is 0 Å². The summed E-state index contributed by atoms with van der Waals surface area (Å²) in [5.74, 6) is -0.328. The number of benzene rings is 1. The maximum Gasteiger partial charge on any atom is 0.125 e. The molecule has 1 rings (SSSR count). The molecule has 0 radical (unpaired) electrons. The number of aliphatic hydroxyl groups excluding tert-OH is 1. The van der Waals surface area contributed by atoms with Crippen molar-refractivity contribution >= 4 is 11.4 Å². The normalized spacial score (nSPS) is 12.6. The minimum Gasteiger partial charge on any atom is -0.397 e. The highest BCUT2D eigenvalue weighted by molar-refractivity contribution is 5.67. The van der Waals surface area contributed by atoms with Crippen molar-refractivity contribution < 1.29 is 9.50 Å². The monoisotopic (exact) mass is 198 g/mol. The van der Waals surface area contributed by atoms with Crippen LogP contribution >= 0.6 is 0 Å². The lowest BCUT2D eigenvalue weighted by Gasteiger charge is -2.26. The summed E-state index contributed by atoms with van der Waals surface area (Å²) in [4.78, 5) is 1.75. The molecule has 0 saturated heterocycles. The van der Waals surface area contributed by atoms with Gasteiger partial charge in [-0.05, 0) is 25.1 Å². The van der Waals surface area contributed by atoms with E-state index in [1.165, 1.54) is 18.2 Å². The molecule has 1 unspecified atom stereocenters. The highest BCUT2D eigenvalue weighted by atomic mass is 19.1. The van der Waals surface area contributed by atoms with E-state index >= 15 is 0 Å². The van der Waals surface area contributed by atoms with Gasteiger partial charge >= 0.3 is 0 Å². The Morgan fingerprint density at radius 2 is 2.21 bits per heavy atom. The van der Waals surface area contributed by atoms with Gasteiger partial charge in [0.15, 0.2) is 0 Å². The van der Waals surface area contributed by atoms with Gasteiger partial charge in [0.25, 0.3) is 0 Å². The Bertz CT molecular complexity index is 317. The average Bonchev–Trinajstić information content (AvgIpc) is 2.19. The number of nitrogens with zero attached hydrogens (tertiary/aromatic N) is 1. The number of hydrogen-bond donors (Lipinski definition) is 2. The first-order chi connectivity index (χ1) is 6.56. The Hall–Kier alpha value is -1.29. The summed E-state index contributed by atoms with van der Waals surface area (Å²) in [6.45, 7) is 1.84. The van der Waals surface area contributed by atoms with Crippen LogP contribution in [0.4, 0.5) is 15.8 Å². The van der Waals surface area contributed by atoms with Gasteiger partial charge in [0.1, 0.15) is 5.82 Å². The molecule has 1 aromatic carbocycles. The molecule has 1 aromatic rings. The van der Waals surface area contributed by atoms with Crippen molar-refractivity contribution in [3.63, 3.8) is 0 Å². The van der Waals surface area contributed by atoms with Gasteiger partial charge in [0.2, 0.25) is 0 Å². The molecule has 0 amide bonds. The molecule has 0 spiro atoms. The third-order valence-corrected chi connectivity index (χ3v) is 2.30. The number of aliphatic hydroxyl groups is 1. The van der Waals surface area contributed by atoms with Crippen LogP contribution in [-0.4, -0.2) is 24.8 Å². The fourth-order valence-electron chi connectivity index (χ4n) is 1.18. The van der Waals surface area contributed by atoms with Crippen molar-refractivity contribution in [2.45, 2.75) is 13.0 Å². The predicted molar refractivity (Wildman–Crippen MR) is 55.8 cm³/mol. The van der Waals surface area contributed by atoms with Crippen molar-refractivity contribution in [1.82, 2.24) is 0 Å². The first-order valence-corrected chi connectivity index (χ1v) is 4.45. The maximum absolute atomic E-state index is 12.9. The molecule has 14 heavy (non-hydrogen) atoms. The molecule has 0 aliphatic heterocycles. The van der Waals surface area contributed by atoms with E-state index < -0.39 is 0 Å². The van der Waals surface area contributed by atoms with E-state index in [9.17, 15) is 4.39 Å². The third kappa shape index (κ3) is 2.14. The van der Waals surface area contributed by atoms with Crippen LogP contribution in [0.2, 0.25) is 0 Å². The van der Waals surface area contributed by atoms with Crippen LogP contribution in [0, 0.1) is 5.82 Å². The summed E-state index contributed by atoms with van der Waals surface area (Å²) in [7, 11) is 1.77. The van der Waals surface area contributed by atoms with E-state index in [0.717, 1.165) is 0 Å². The molecular formula is C10H15FN2O. The summed E-state index contributed by atoms with van der Waals surface area (Å²) in [6.07, 6.45) is 0. The molecule has 3 N–H and O–H groups in total. The summed E-state index contributed by atoms with van der Waals surface area (Å²) in [6, 6.07) is 4.11. The SMILES string of the molecule is CC(CO)N(C)c1cc(F)ccc1N. The topological polar surface area (TPSA) is 49.5 Å². The van der Waals surface area contributed by atoms with E-state index in [4.69, 9.17) is 10.8 Å². The molecule has 0 aromatic heterocycles. The zero-order valence-electron chi connectivity index (χ0n) is 8.37. The highest BCUT2D eigenvalue weighted by Crippen LogP contribution is 2.24. The number of hydrogen-bond acceptors (Lipinski definition) is 3. The lowest BCUT2D eigenvalue weighted by molar-refractivity contribution is 0.270. The second-order valence-corrected chi connectivity index (χ2v) is 3.35. The number of halogens is 1. The molecule has 3 nitrogen and oxygen atoms in total. The Morgan fingerprint density at radius 3 is 2.79 bits per heavy atom. The quantitative estimate of drug-likeness (QED) is 0.718. The predicted octanol–water partition coefficient (Wildman–Crippen LogP) is 1.22. The van der Waals surface area contributed by atoms with E-state index in [1.54, 1.807) is 11.9 Å². The molecule has 0 aliphatic carbocycles. The Kier molecular flexibility index (Phi) is 3.30. The summed E-state index contributed by atoms with van der Waals surface area (Å²) < 4.78 is 12.9. The fraction of sp³-hybridized carbons (Fsp3) is 0.400. The second kappa shape index (κ2) is 4.28. The van der Waals surface area contributed by atoms with Gasteiger partial charge in [-0.2, -0.15) is 0 Å². The van der Waals surface area contributed by atoms with Gasteiger partial charge in [-0.3, -0.25) is 0 Å². The molecule has 0 aliphatic rings. The van der Waals surface area contributed by atoms with Crippen molar-refractivity contribution in [3.05, 3.63) is 24.0 Å². The molecule has 0 fully saturated rings. The van der Waals surface area contributed by atoms with Crippen LogP contribution in [0.5, 0.6) is 0 Å². The van der Waals surface area contributed by atoms with Gasteiger partial charge < -0.3 is 15.7 Å². The van der Waals surface area contributed by atoms with Crippen molar-refractivity contribution in [2.75, 3.05) is 24.3 Å². The van der Waals surface area contributed by atoms with E-state index in [-0.39, 0.29) is 18.5 Å². The summed E-state index contributed by atoms with van der Waals surface area (Å²) >= 11 is 0. The zero-order chi connectivity index (χ0) is 10.7. The lowest BCUT2D eigenvalue weighted by atomic mass is 10.2. The van der Waals surface area contributed by atoms with E-state index in [1.807, 2.05) is 6.92 Å². The number of anilines is 2. The molecule has 1 atom stereocenters. The van der Waals surface area contributed by atoms with Crippen LogP contribution in [0.25, 0.3) is 0 Å². The minimum absolute atomic E-state index is 0.00640. The Labute approximate surface area is 83.0 Å². The van der Waals surface area contributed by atoms with E-state index in [0.29, 0.717) is 11.4 Å². The van der Waals surface area contributed by atoms with Crippen molar-refractivity contribution in [3.8, 4) is 0 Å². The van der Waals surface area contributed by atoms with Gasteiger partial charge in [0.05, 0.1) is 18.0 Å². The maximum atomic E-state index is 12.9. The van der Waals surface area contributed by atoms with Gasteiger partial charge in [-0.25, -0.2) is 4.39 Å². The van der Waals surface area contributed by atoms with Gasteiger partial charge in [-0.15, -0.1) is 0 Å². The fourth-order valence-corrected chi connectivity index (χ4v) is 1.18. The molecule has 0 heterocycles. The second-order valence-electron chi connectivity index (χ2n) is 3.35. The van der Waals surface area contributed by atoms with Crippen LogP contribution in [0.15, 0.2) is 18.2 Å². The number of nitrogens with two attached hydrogens (primary N) is 1. The lowest BCUT2D eigenvalue weighted by Crippen LogP contribution is -2.32. The standard InChI is InChI=1S/C10H15FN2O/c1-7(6-14)13(2)10-5-8(11)3-4-9(10)12/h3-5,7,14H,6,12H2,1-2H3. The minimum atomic E-state index is -0.328. The first-order valence-electron chi connectivity index (χ1n) is 4.45. The smallest absolute Gasteiger partial charge is 0.125 e. The third-order valence-electron chi connectivity index (χ3n) is 2.30. The highest BCUT2D eigenvalue weighted by Gasteiger charge is 2.11. The van der Waals surface area contributed by atoms with Crippen LogP contribution in [-0.2, 0) is 0 Å². The zero-order valence-corrected chi connectivity index (χ0v) is 8.37. The molecule has 0 bridgehead atoms. The average molecular weight is 198 g/mol. The first kappa shape index (κ1) is 10.8. The molecule has 78 valence electrons.